The number of aromatic nitrogens is 2. The van der Waals surface area contributed by atoms with Gasteiger partial charge < -0.3 is 9.64 Å². The van der Waals surface area contributed by atoms with Gasteiger partial charge in [0, 0.05) is 25.4 Å². The molecule has 26 heavy (non-hydrogen) atoms. The van der Waals surface area contributed by atoms with Gasteiger partial charge in [0.05, 0.1) is 11.9 Å². The molecule has 5 nitrogen and oxygen atoms in total. The Kier molecular flexibility index (Phi) is 4.39. The van der Waals surface area contributed by atoms with E-state index in [0.717, 1.165) is 24.5 Å². The first-order chi connectivity index (χ1) is 12.7. The minimum absolute atomic E-state index is 0.194. The quantitative estimate of drug-likeness (QED) is 0.708. The molecule has 0 atom stereocenters. The van der Waals surface area contributed by atoms with E-state index in [-0.39, 0.29) is 18.0 Å². The zero-order valence-electron chi connectivity index (χ0n) is 14.1. The highest BCUT2D eigenvalue weighted by atomic mass is 19.1. The monoisotopic (exact) mass is 351 g/mol. The zero-order valence-corrected chi connectivity index (χ0v) is 14.1. The summed E-state index contributed by atoms with van der Waals surface area (Å²) in [5, 5.41) is 0. The van der Waals surface area contributed by atoms with Crippen LogP contribution in [0.15, 0.2) is 65.7 Å². The van der Waals surface area contributed by atoms with E-state index in [1.165, 1.54) is 29.2 Å². The van der Waals surface area contributed by atoms with E-state index in [1.807, 2.05) is 12.1 Å². The number of benzene rings is 1. The molecule has 4 rings (SSSR count). The number of nitrogens with zero attached hydrogens (tertiary/aromatic N) is 3. The molecule has 1 aromatic carbocycles. The molecule has 6 heteroatoms. The average Bonchev–Trinajstić information content (AvgIpc) is 2.61. The van der Waals surface area contributed by atoms with Crippen molar-refractivity contribution in [3.8, 4) is 11.4 Å². The van der Waals surface area contributed by atoms with Crippen LogP contribution in [0.5, 0.6) is 5.75 Å². The van der Waals surface area contributed by atoms with Gasteiger partial charge in [0.2, 0.25) is 0 Å². The van der Waals surface area contributed by atoms with Crippen molar-refractivity contribution >= 4 is 5.82 Å². The molecule has 0 N–H and O–H groups in total. The molecule has 0 aliphatic carbocycles. The fourth-order valence-corrected chi connectivity index (χ4v) is 2.76. The van der Waals surface area contributed by atoms with Gasteiger partial charge in [-0.05, 0) is 42.3 Å². The molecule has 2 aromatic heterocycles. The number of pyridine rings is 2. The lowest BCUT2D eigenvalue weighted by atomic mass is 10.2. The van der Waals surface area contributed by atoms with Crippen molar-refractivity contribution in [2.24, 2.45) is 0 Å². The number of ether oxygens (including phenoxy) is 1. The highest BCUT2D eigenvalue weighted by Gasteiger charge is 2.15. The van der Waals surface area contributed by atoms with Gasteiger partial charge in [0.1, 0.15) is 24.0 Å². The lowest BCUT2D eigenvalue weighted by Crippen LogP contribution is -2.37. The summed E-state index contributed by atoms with van der Waals surface area (Å²) in [5.74, 6) is 1.12. The molecule has 3 heterocycles. The summed E-state index contributed by atoms with van der Waals surface area (Å²) in [4.78, 5) is 19.0. The predicted octanol–water partition coefficient (Wildman–Crippen LogP) is 3.16. The summed E-state index contributed by atoms with van der Waals surface area (Å²) in [7, 11) is 0. The van der Waals surface area contributed by atoms with Crippen LogP contribution >= 0.6 is 0 Å². The second-order valence-corrected chi connectivity index (χ2v) is 6.20. The van der Waals surface area contributed by atoms with E-state index in [9.17, 15) is 9.18 Å². The van der Waals surface area contributed by atoms with Crippen molar-refractivity contribution in [3.05, 3.63) is 82.7 Å². The van der Waals surface area contributed by atoms with Crippen LogP contribution in [-0.4, -0.2) is 22.6 Å². The summed E-state index contributed by atoms with van der Waals surface area (Å²) in [6, 6.07) is 13.1. The van der Waals surface area contributed by atoms with Gasteiger partial charge in [0.15, 0.2) is 0 Å². The second kappa shape index (κ2) is 7.00. The van der Waals surface area contributed by atoms with Gasteiger partial charge in [-0.1, -0.05) is 12.1 Å². The van der Waals surface area contributed by atoms with Gasteiger partial charge in [-0.3, -0.25) is 9.36 Å². The predicted molar refractivity (Wildman–Crippen MR) is 97.4 cm³/mol. The van der Waals surface area contributed by atoms with E-state index in [2.05, 4.69) is 9.88 Å². The third kappa shape index (κ3) is 3.44. The Balaban J connectivity index is 1.46. The number of hydrogen-bond donors (Lipinski definition) is 0. The number of anilines is 1. The van der Waals surface area contributed by atoms with Crippen LogP contribution in [0.1, 0.15) is 12.0 Å². The summed E-state index contributed by atoms with van der Waals surface area (Å²) < 4.78 is 20.1. The van der Waals surface area contributed by atoms with E-state index in [4.69, 9.17) is 4.74 Å². The fourth-order valence-electron chi connectivity index (χ4n) is 2.76. The van der Waals surface area contributed by atoms with Gasteiger partial charge in [0.25, 0.3) is 5.56 Å². The molecule has 0 radical (unpaired) electrons. The lowest BCUT2D eigenvalue weighted by Gasteiger charge is -2.31. The van der Waals surface area contributed by atoms with Crippen LogP contribution in [-0.2, 0) is 6.61 Å². The van der Waals surface area contributed by atoms with Crippen molar-refractivity contribution in [2.45, 2.75) is 13.0 Å². The topological polar surface area (TPSA) is 47.4 Å². The van der Waals surface area contributed by atoms with Crippen molar-refractivity contribution in [2.75, 3.05) is 18.0 Å². The molecule has 0 bridgehead atoms. The Morgan fingerprint density at radius 3 is 2.50 bits per heavy atom. The van der Waals surface area contributed by atoms with E-state index < -0.39 is 0 Å². The first-order valence-corrected chi connectivity index (χ1v) is 8.50. The minimum atomic E-state index is -0.287. The van der Waals surface area contributed by atoms with E-state index in [1.54, 1.807) is 30.6 Å². The molecule has 0 unspecified atom stereocenters. The summed E-state index contributed by atoms with van der Waals surface area (Å²) in [5.41, 5.74) is 1.35. The van der Waals surface area contributed by atoms with Crippen LogP contribution in [0.4, 0.5) is 10.2 Å². The molecular formula is C20H18FN3O2. The van der Waals surface area contributed by atoms with Crippen LogP contribution in [0.3, 0.4) is 0 Å². The van der Waals surface area contributed by atoms with Gasteiger partial charge in [-0.15, -0.1) is 0 Å². The lowest BCUT2D eigenvalue weighted by molar-refractivity contribution is 0.305. The largest absolute Gasteiger partial charge is 0.489 e. The van der Waals surface area contributed by atoms with Crippen LogP contribution < -0.4 is 15.2 Å². The first kappa shape index (κ1) is 16.3. The third-order valence-corrected chi connectivity index (χ3v) is 4.40. The molecule has 0 saturated carbocycles. The molecule has 1 aliphatic heterocycles. The zero-order chi connectivity index (χ0) is 17.9. The summed E-state index contributed by atoms with van der Waals surface area (Å²) >= 11 is 0. The Morgan fingerprint density at radius 1 is 1.08 bits per heavy atom. The Morgan fingerprint density at radius 2 is 1.88 bits per heavy atom. The average molecular weight is 351 g/mol. The highest BCUT2D eigenvalue weighted by molar-refractivity contribution is 5.45. The molecule has 0 spiro atoms. The first-order valence-electron chi connectivity index (χ1n) is 8.50. The van der Waals surface area contributed by atoms with Crippen LogP contribution in [0.2, 0.25) is 0 Å². The van der Waals surface area contributed by atoms with Crippen LogP contribution in [0.25, 0.3) is 5.69 Å². The number of halogens is 1. The standard InChI is InChI=1S/C20H18FN3O2/c21-16-4-2-15(3-5-16)14-26-18-8-11-24(20(25)12-18)17-6-7-19(22-13-17)23-9-1-10-23/h2-8,11-13H,1,9-10,14H2. The molecule has 1 aliphatic rings. The molecule has 3 aromatic rings. The summed E-state index contributed by atoms with van der Waals surface area (Å²) in [6.07, 6.45) is 4.57. The van der Waals surface area contributed by atoms with E-state index >= 15 is 0 Å². The van der Waals surface area contributed by atoms with Crippen molar-refractivity contribution in [1.82, 2.24) is 9.55 Å². The van der Waals surface area contributed by atoms with Crippen molar-refractivity contribution in [1.29, 1.82) is 0 Å². The van der Waals surface area contributed by atoms with Gasteiger partial charge >= 0.3 is 0 Å². The minimum Gasteiger partial charge on any atom is -0.489 e. The molecule has 1 fully saturated rings. The van der Waals surface area contributed by atoms with Gasteiger partial charge in [-0.2, -0.15) is 0 Å². The second-order valence-electron chi connectivity index (χ2n) is 6.20. The van der Waals surface area contributed by atoms with Crippen molar-refractivity contribution < 1.29 is 9.13 Å². The van der Waals surface area contributed by atoms with E-state index in [0.29, 0.717) is 11.4 Å². The molecule has 1 saturated heterocycles. The Bertz CT molecular complexity index is 948. The third-order valence-electron chi connectivity index (χ3n) is 4.40. The van der Waals surface area contributed by atoms with Gasteiger partial charge in [-0.25, -0.2) is 9.37 Å². The number of rotatable bonds is 5. The molecule has 0 amide bonds. The molecular weight excluding hydrogens is 333 g/mol. The SMILES string of the molecule is O=c1cc(OCc2ccc(F)cc2)ccn1-c1ccc(N2CCC2)nc1. The Labute approximate surface area is 150 Å². The fraction of sp³-hybridized carbons (Fsp3) is 0.200. The number of hydrogen-bond acceptors (Lipinski definition) is 4. The maximum atomic E-state index is 12.9. The highest BCUT2D eigenvalue weighted by Crippen LogP contribution is 2.19. The maximum Gasteiger partial charge on any atom is 0.258 e. The molecule has 132 valence electrons. The summed E-state index contributed by atoms with van der Waals surface area (Å²) in [6.45, 7) is 2.34. The Hall–Kier alpha value is -3.15. The van der Waals surface area contributed by atoms with Crippen molar-refractivity contribution in [3.63, 3.8) is 0 Å². The van der Waals surface area contributed by atoms with Crippen LogP contribution in [0, 0.1) is 5.82 Å². The maximum absolute atomic E-state index is 12.9. The smallest absolute Gasteiger partial charge is 0.258 e. The normalized spacial score (nSPS) is 13.3.